The zero-order chi connectivity index (χ0) is 14.2. The van der Waals surface area contributed by atoms with Crippen LogP contribution in [-0.2, 0) is 9.59 Å². The van der Waals surface area contributed by atoms with Gasteiger partial charge >= 0.3 is 5.97 Å². The van der Waals surface area contributed by atoms with E-state index in [1.165, 1.54) is 0 Å². The standard InChI is InChI=1S/C12H13BrN2O4/c1-12(2,11(17)18)5-7-10(16)15-9-6(19-7)3-4-8(13)14-9/h3-4,7H,5H2,1-2H3,(H,17,18)(H,14,15,16). The van der Waals surface area contributed by atoms with Gasteiger partial charge in [-0.3, -0.25) is 9.59 Å². The molecule has 1 aromatic heterocycles. The molecule has 0 aromatic carbocycles. The van der Waals surface area contributed by atoms with Gasteiger partial charge in [0.05, 0.1) is 5.41 Å². The van der Waals surface area contributed by atoms with Crippen LogP contribution in [0, 0.1) is 5.41 Å². The number of amides is 1. The number of nitrogens with zero attached hydrogens (tertiary/aromatic N) is 1. The van der Waals surface area contributed by atoms with Crippen molar-refractivity contribution in [3.63, 3.8) is 0 Å². The molecule has 1 aromatic rings. The number of anilines is 1. The molecular weight excluding hydrogens is 316 g/mol. The molecule has 0 saturated heterocycles. The lowest BCUT2D eigenvalue weighted by Gasteiger charge is -2.29. The van der Waals surface area contributed by atoms with Crippen LogP contribution in [-0.4, -0.2) is 28.1 Å². The highest BCUT2D eigenvalue weighted by Gasteiger charge is 2.37. The Balaban J connectivity index is 2.20. The number of carboxylic acid groups (broad SMARTS) is 1. The highest BCUT2D eigenvalue weighted by molar-refractivity contribution is 9.10. The van der Waals surface area contributed by atoms with E-state index >= 15 is 0 Å². The molecule has 0 bridgehead atoms. The summed E-state index contributed by atoms with van der Waals surface area (Å²) in [5.41, 5.74) is -1.04. The van der Waals surface area contributed by atoms with Crippen LogP contribution in [0.1, 0.15) is 20.3 Å². The fraction of sp³-hybridized carbons (Fsp3) is 0.417. The normalized spacial score (nSPS) is 18.3. The minimum atomic E-state index is -1.04. The predicted molar refractivity (Wildman–Crippen MR) is 71.0 cm³/mol. The summed E-state index contributed by atoms with van der Waals surface area (Å²) in [6.45, 7) is 3.11. The topological polar surface area (TPSA) is 88.5 Å². The molecule has 1 aliphatic heterocycles. The summed E-state index contributed by atoms with van der Waals surface area (Å²) in [6, 6.07) is 3.36. The summed E-state index contributed by atoms with van der Waals surface area (Å²) < 4.78 is 6.11. The van der Waals surface area contributed by atoms with Crippen LogP contribution in [0.4, 0.5) is 5.82 Å². The fourth-order valence-corrected chi connectivity index (χ4v) is 2.01. The highest BCUT2D eigenvalue weighted by Crippen LogP contribution is 2.33. The van der Waals surface area contributed by atoms with Gasteiger partial charge in [0, 0.05) is 6.42 Å². The molecule has 19 heavy (non-hydrogen) atoms. The number of hydrogen-bond donors (Lipinski definition) is 2. The molecule has 1 amide bonds. The molecule has 1 atom stereocenters. The average molecular weight is 329 g/mol. The number of carbonyl (C=O) groups excluding carboxylic acids is 1. The molecule has 1 aliphatic rings. The minimum absolute atomic E-state index is 0.0870. The van der Waals surface area contributed by atoms with Crippen molar-refractivity contribution in [3.05, 3.63) is 16.7 Å². The third-order valence-electron chi connectivity index (χ3n) is 2.90. The molecule has 0 fully saturated rings. The van der Waals surface area contributed by atoms with Gasteiger partial charge in [0.25, 0.3) is 5.91 Å². The Morgan fingerprint density at radius 1 is 1.58 bits per heavy atom. The number of ether oxygens (including phenoxy) is 1. The first-order chi connectivity index (χ1) is 8.79. The van der Waals surface area contributed by atoms with Crippen LogP contribution in [0.3, 0.4) is 0 Å². The number of carboxylic acids is 1. The van der Waals surface area contributed by atoms with Crippen LogP contribution in [0.25, 0.3) is 0 Å². The number of aromatic nitrogens is 1. The van der Waals surface area contributed by atoms with Crippen molar-refractivity contribution < 1.29 is 19.4 Å². The SMILES string of the molecule is CC(C)(CC1Oc2ccc(Br)nc2NC1=O)C(=O)O. The number of rotatable bonds is 3. The van der Waals surface area contributed by atoms with Crippen molar-refractivity contribution in [1.82, 2.24) is 4.98 Å². The first kappa shape index (κ1) is 13.8. The number of nitrogens with one attached hydrogen (secondary N) is 1. The molecule has 2 N–H and O–H groups in total. The maximum atomic E-state index is 11.9. The van der Waals surface area contributed by atoms with E-state index in [1.54, 1.807) is 26.0 Å². The second kappa shape index (κ2) is 4.80. The van der Waals surface area contributed by atoms with Crippen molar-refractivity contribution in [2.75, 3.05) is 5.32 Å². The van der Waals surface area contributed by atoms with E-state index in [9.17, 15) is 9.59 Å². The van der Waals surface area contributed by atoms with Gasteiger partial charge in [-0.2, -0.15) is 0 Å². The Labute approximate surface area is 118 Å². The third kappa shape index (κ3) is 2.86. The first-order valence-corrected chi connectivity index (χ1v) is 6.46. The zero-order valence-electron chi connectivity index (χ0n) is 10.4. The number of hydrogen-bond acceptors (Lipinski definition) is 4. The lowest BCUT2D eigenvalue weighted by Crippen LogP contribution is -2.42. The van der Waals surface area contributed by atoms with Gasteiger partial charge < -0.3 is 15.2 Å². The predicted octanol–water partition coefficient (Wildman–Crippen LogP) is 2.04. The smallest absolute Gasteiger partial charge is 0.309 e. The van der Waals surface area contributed by atoms with Crippen LogP contribution < -0.4 is 10.1 Å². The molecule has 0 radical (unpaired) electrons. The lowest BCUT2D eigenvalue weighted by atomic mass is 9.86. The van der Waals surface area contributed by atoms with Crippen LogP contribution in [0.15, 0.2) is 16.7 Å². The van der Waals surface area contributed by atoms with Crippen molar-refractivity contribution in [2.45, 2.75) is 26.4 Å². The number of halogens is 1. The summed E-state index contributed by atoms with van der Waals surface area (Å²) >= 11 is 3.20. The second-order valence-electron chi connectivity index (χ2n) is 4.97. The van der Waals surface area contributed by atoms with E-state index < -0.39 is 17.5 Å². The maximum absolute atomic E-state index is 11.9. The molecule has 0 aliphatic carbocycles. The largest absolute Gasteiger partial charge is 0.481 e. The van der Waals surface area contributed by atoms with Crippen molar-refractivity contribution in [3.8, 4) is 5.75 Å². The van der Waals surface area contributed by atoms with E-state index in [0.29, 0.717) is 16.2 Å². The summed E-state index contributed by atoms with van der Waals surface area (Å²) in [7, 11) is 0. The van der Waals surface area contributed by atoms with E-state index in [1.807, 2.05) is 0 Å². The molecule has 102 valence electrons. The molecule has 2 heterocycles. The molecular formula is C12H13BrN2O4. The van der Waals surface area contributed by atoms with Crippen molar-refractivity contribution in [1.29, 1.82) is 0 Å². The quantitative estimate of drug-likeness (QED) is 0.829. The lowest BCUT2D eigenvalue weighted by molar-refractivity contribution is -0.149. The van der Waals surface area contributed by atoms with E-state index in [4.69, 9.17) is 9.84 Å². The molecule has 7 heteroatoms. The molecule has 6 nitrogen and oxygen atoms in total. The molecule has 0 saturated carbocycles. The van der Waals surface area contributed by atoms with E-state index in [2.05, 4.69) is 26.2 Å². The Morgan fingerprint density at radius 2 is 2.26 bits per heavy atom. The third-order valence-corrected chi connectivity index (χ3v) is 3.34. The Kier molecular flexibility index (Phi) is 3.49. The first-order valence-electron chi connectivity index (χ1n) is 5.67. The Bertz CT molecular complexity index is 545. The fourth-order valence-electron chi connectivity index (χ4n) is 1.70. The Hall–Kier alpha value is -1.63. The molecule has 0 spiro atoms. The van der Waals surface area contributed by atoms with Gasteiger partial charge in [0.15, 0.2) is 17.7 Å². The van der Waals surface area contributed by atoms with Crippen molar-refractivity contribution >= 4 is 33.6 Å². The number of carbonyl (C=O) groups is 2. The Morgan fingerprint density at radius 3 is 2.89 bits per heavy atom. The monoisotopic (exact) mass is 328 g/mol. The van der Waals surface area contributed by atoms with Crippen LogP contribution >= 0.6 is 15.9 Å². The van der Waals surface area contributed by atoms with Crippen molar-refractivity contribution in [2.24, 2.45) is 5.41 Å². The summed E-state index contributed by atoms with van der Waals surface area (Å²) in [5.74, 6) is -0.575. The van der Waals surface area contributed by atoms with Gasteiger partial charge in [0.1, 0.15) is 4.60 Å². The van der Waals surface area contributed by atoms with Crippen LogP contribution in [0.5, 0.6) is 5.75 Å². The van der Waals surface area contributed by atoms with Gasteiger partial charge in [-0.15, -0.1) is 0 Å². The summed E-state index contributed by atoms with van der Waals surface area (Å²) in [6.07, 6.45) is -0.745. The molecule has 2 rings (SSSR count). The number of fused-ring (bicyclic) bond motifs is 1. The highest BCUT2D eigenvalue weighted by atomic mass is 79.9. The second-order valence-corrected chi connectivity index (χ2v) is 5.78. The minimum Gasteiger partial charge on any atom is -0.481 e. The van der Waals surface area contributed by atoms with Gasteiger partial charge in [-0.05, 0) is 41.9 Å². The maximum Gasteiger partial charge on any atom is 0.309 e. The van der Waals surface area contributed by atoms with Crippen LogP contribution in [0.2, 0.25) is 0 Å². The van der Waals surface area contributed by atoms with E-state index in [0.717, 1.165) is 0 Å². The van der Waals surface area contributed by atoms with Gasteiger partial charge in [-0.25, -0.2) is 4.98 Å². The number of aliphatic carboxylic acids is 1. The average Bonchev–Trinajstić information content (AvgIpc) is 2.30. The number of pyridine rings is 1. The zero-order valence-corrected chi connectivity index (χ0v) is 12.0. The summed E-state index contributed by atoms with van der Waals surface area (Å²) in [5, 5.41) is 11.7. The van der Waals surface area contributed by atoms with Gasteiger partial charge in [-0.1, -0.05) is 0 Å². The van der Waals surface area contributed by atoms with E-state index in [-0.39, 0.29) is 12.3 Å². The summed E-state index contributed by atoms with van der Waals surface area (Å²) in [4.78, 5) is 27.0. The van der Waals surface area contributed by atoms with Gasteiger partial charge in [0.2, 0.25) is 0 Å². The molecule has 1 unspecified atom stereocenters.